The summed E-state index contributed by atoms with van der Waals surface area (Å²) in [6.45, 7) is 5.73. The molecule has 2 amide bonds. The first kappa shape index (κ1) is 17.1. The summed E-state index contributed by atoms with van der Waals surface area (Å²) in [5.74, 6) is 0.223. The van der Waals surface area contributed by atoms with Crippen molar-refractivity contribution in [1.82, 2.24) is 0 Å². The van der Waals surface area contributed by atoms with Gasteiger partial charge in [0.15, 0.2) is 6.10 Å². The largest absolute Gasteiger partial charge is 0.479 e. The molecule has 2 heterocycles. The van der Waals surface area contributed by atoms with Crippen LogP contribution in [0.1, 0.15) is 23.6 Å². The maximum Gasteiger partial charge on any atom is 0.265 e. The maximum absolute atomic E-state index is 12.5. The smallest absolute Gasteiger partial charge is 0.265 e. The summed E-state index contributed by atoms with van der Waals surface area (Å²) in [6.07, 6.45) is 1.31. The van der Waals surface area contributed by atoms with Crippen LogP contribution < -0.4 is 15.4 Å². The van der Waals surface area contributed by atoms with Gasteiger partial charge in [-0.1, -0.05) is 12.1 Å². The molecule has 0 spiro atoms. The van der Waals surface area contributed by atoms with Gasteiger partial charge in [-0.15, -0.1) is 0 Å². The number of rotatable bonds is 3. The van der Waals surface area contributed by atoms with Crippen LogP contribution in [-0.2, 0) is 16.0 Å². The Kier molecular flexibility index (Phi) is 4.11. The number of hydrogen-bond donors (Lipinski definition) is 2. The molecule has 0 aliphatic carbocycles. The third kappa shape index (κ3) is 3.14. The molecule has 1 aliphatic heterocycles. The SMILES string of the molecule is Cc1ccc2c(CC(=O)Nc3ccc4c(c3)NC(=O)[C@@H](C)O4)coc2c1C. The second-order valence-corrected chi connectivity index (χ2v) is 6.83. The van der Waals surface area contributed by atoms with Crippen molar-refractivity contribution in [1.29, 1.82) is 0 Å². The van der Waals surface area contributed by atoms with Gasteiger partial charge in [0, 0.05) is 16.6 Å². The molecule has 2 aromatic carbocycles. The van der Waals surface area contributed by atoms with Crippen LogP contribution in [0.25, 0.3) is 11.0 Å². The molecule has 0 bridgehead atoms. The van der Waals surface area contributed by atoms with Gasteiger partial charge in [0.1, 0.15) is 11.3 Å². The Labute approximate surface area is 156 Å². The maximum atomic E-state index is 12.5. The minimum Gasteiger partial charge on any atom is -0.479 e. The third-order valence-corrected chi connectivity index (χ3v) is 4.89. The summed E-state index contributed by atoms with van der Waals surface area (Å²) >= 11 is 0. The van der Waals surface area contributed by atoms with Crippen LogP contribution in [-0.4, -0.2) is 17.9 Å². The van der Waals surface area contributed by atoms with Gasteiger partial charge in [0.2, 0.25) is 5.91 Å². The number of nitrogens with one attached hydrogen (secondary N) is 2. The summed E-state index contributed by atoms with van der Waals surface area (Å²) < 4.78 is 11.2. The Hall–Kier alpha value is -3.28. The highest BCUT2D eigenvalue weighted by molar-refractivity contribution is 6.00. The van der Waals surface area contributed by atoms with E-state index in [1.165, 1.54) is 0 Å². The first-order valence-corrected chi connectivity index (χ1v) is 8.80. The van der Waals surface area contributed by atoms with Crippen LogP contribution in [0.15, 0.2) is 41.0 Å². The van der Waals surface area contributed by atoms with E-state index in [1.54, 1.807) is 31.4 Å². The van der Waals surface area contributed by atoms with E-state index < -0.39 is 6.10 Å². The Bertz CT molecular complexity index is 1070. The normalized spacial score (nSPS) is 15.8. The number of amides is 2. The van der Waals surface area contributed by atoms with Crippen molar-refractivity contribution in [2.45, 2.75) is 33.3 Å². The average molecular weight is 364 g/mol. The van der Waals surface area contributed by atoms with Crippen molar-refractivity contribution in [2.75, 3.05) is 10.6 Å². The van der Waals surface area contributed by atoms with Crippen molar-refractivity contribution in [3.8, 4) is 5.75 Å². The number of aryl methyl sites for hydroxylation is 2. The van der Waals surface area contributed by atoms with Crippen LogP contribution in [0.2, 0.25) is 0 Å². The van der Waals surface area contributed by atoms with Gasteiger partial charge in [0.25, 0.3) is 5.91 Å². The lowest BCUT2D eigenvalue weighted by Gasteiger charge is -2.23. The number of fused-ring (bicyclic) bond motifs is 2. The third-order valence-electron chi connectivity index (χ3n) is 4.89. The Morgan fingerprint density at radius 2 is 2.04 bits per heavy atom. The lowest BCUT2D eigenvalue weighted by atomic mass is 10.0. The molecule has 1 aromatic heterocycles. The Balaban J connectivity index is 1.51. The predicted octanol–water partition coefficient (Wildman–Crippen LogP) is 3.95. The molecule has 1 aliphatic rings. The monoisotopic (exact) mass is 364 g/mol. The molecule has 1 atom stereocenters. The number of hydrogen-bond acceptors (Lipinski definition) is 4. The minimum absolute atomic E-state index is 0.160. The molecule has 0 saturated heterocycles. The quantitative estimate of drug-likeness (QED) is 0.737. The van der Waals surface area contributed by atoms with Gasteiger partial charge in [-0.2, -0.15) is 0 Å². The summed E-state index contributed by atoms with van der Waals surface area (Å²) in [5.41, 5.74) is 5.04. The van der Waals surface area contributed by atoms with E-state index in [9.17, 15) is 9.59 Å². The number of ether oxygens (including phenoxy) is 1. The number of anilines is 2. The molecular formula is C21H20N2O4. The molecule has 0 radical (unpaired) electrons. The van der Waals surface area contributed by atoms with Gasteiger partial charge in [0.05, 0.1) is 18.4 Å². The molecule has 138 valence electrons. The van der Waals surface area contributed by atoms with Crippen molar-refractivity contribution < 1.29 is 18.7 Å². The number of carbonyl (C=O) groups is 2. The molecule has 3 aromatic rings. The van der Waals surface area contributed by atoms with Crippen LogP contribution >= 0.6 is 0 Å². The lowest BCUT2D eigenvalue weighted by molar-refractivity contribution is -0.122. The van der Waals surface area contributed by atoms with E-state index in [0.717, 1.165) is 27.7 Å². The first-order chi connectivity index (χ1) is 12.9. The number of carbonyl (C=O) groups excluding carboxylic acids is 2. The summed E-state index contributed by atoms with van der Waals surface area (Å²) in [7, 11) is 0. The van der Waals surface area contributed by atoms with Gasteiger partial charge in [-0.3, -0.25) is 9.59 Å². The van der Waals surface area contributed by atoms with Crippen molar-refractivity contribution in [3.05, 3.63) is 53.3 Å². The highest BCUT2D eigenvalue weighted by Gasteiger charge is 2.23. The molecule has 0 fully saturated rings. The van der Waals surface area contributed by atoms with Crippen molar-refractivity contribution in [3.63, 3.8) is 0 Å². The van der Waals surface area contributed by atoms with Crippen LogP contribution in [0.4, 0.5) is 11.4 Å². The zero-order chi connectivity index (χ0) is 19.1. The second-order valence-electron chi connectivity index (χ2n) is 6.83. The Morgan fingerprint density at radius 3 is 2.85 bits per heavy atom. The molecule has 0 saturated carbocycles. The van der Waals surface area contributed by atoms with Gasteiger partial charge < -0.3 is 19.8 Å². The van der Waals surface area contributed by atoms with Crippen LogP contribution in [0, 0.1) is 13.8 Å². The topological polar surface area (TPSA) is 80.6 Å². The highest BCUT2D eigenvalue weighted by Crippen LogP contribution is 2.32. The van der Waals surface area contributed by atoms with Crippen LogP contribution in [0.5, 0.6) is 5.75 Å². The molecular weight excluding hydrogens is 344 g/mol. The van der Waals surface area contributed by atoms with Crippen molar-refractivity contribution in [2.24, 2.45) is 0 Å². The predicted molar refractivity (Wildman–Crippen MR) is 103 cm³/mol. The van der Waals surface area contributed by atoms with E-state index in [4.69, 9.17) is 9.15 Å². The summed E-state index contributed by atoms with van der Waals surface area (Å²) in [6, 6.07) is 9.19. The zero-order valence-corrected chi connectivity index (χ0v) is 15.4. The average Bonchev–Trinajstić information content (AvgIpc) is 3.03. The molecule has 2 N–H and O–H groups in total. The van der Waals surface area contributed by atoms with Crippen LogP contribution in [0.3, 0.4) is 0 Å². The summed E-state index contributed by atoms with van der Waals surface area (Å²) in [5, 5.41) is 6.59. The number of furan rings is 1. The van der Waals surface area contributed by atoms with E-state index in [-0.39, 0.29) is 18.2 Å². The van der Waals surface area contributed by atoms with Gasteiger partial charge in [-0.05, 0) is 50.1 Å². The molecule has 4 rings (SSSR count). The Morgan fingerprint density at radius 1 is 1.22 bits per heavy atom. The van der Waals surface area contributed by atoms with Crippen molar-refractivity contribution >= 4 is 34.2 Å². The zero-order valence-electron chi connectivity index (χ0n) is 15.4. The minimum atomic E-state index is -0.528. The standard InChI is InChI=1S/C21H20N2O4/c1-11-4-6-16-14(10-26-20(16)12(11)2)8-19(24)22-15-5-7-18-17(9-15)23-21(25)13(3)27-18/h4-7,9-10,13H,8H2,1-3H3,(H,22,24)(H,23,25)/t13-/m1/s1. The van der Waals surface area contributed by atoms with E-state index >= 15 is 0 Å². The fourth-order valence-corrected chi connectivity index (χ4v) is 3.19. The van der Waals surface area contributed by atoms with Gasteiger partial charge in [-0.25, -0.2) is 0 Å². The molecule has 6 nitrogen and oxygen atoms in total. The van der Waals surface area contributed by atoms with E-state index in [1.807, 2.05) is 26.0 Å². The summed E-state index contributed by atoms with van der Waals surface area (Å²) in [4.78, 5) is 24.2. The lowest BCUT2D eigenvalue weighted by Crippen LogP contribution is -2.34. The van der Waals surface area contributed by atoms with E-state index in [2.05, 4.69) is 10.6 Å². The fourth-order valence-electron chi connectivity index (χ4n) is 3.19. The fraction of sp³-hybridized carbons (Fsp3) is 0.238. The van der Waals surface area contributed by atoms with Gasteiger partial charge >= 0.3 is 0 Å². The second kappa shape index (κ2) is 6.46. The number of benzene rings is 2. The highest BCUT2D eigenvalue weighted by atomic mass is 16.5. The molecule has 6 heteroatoms. The molecule has 27 heavy (non-hydrogen) atoms. The molecule has 0 unspecified atom stereocenters. The van der Waals surface area contributed by atoms with E-state index in [0.29, 0.717) is 17.1 Å². The first-order valence-electron chi connectivity index (χ1n) is 8.80.